The van der Waals surface area contributed by atoms with Crippen molar-refractivity contribution in [1.29, 1.82) is 0 Å². The fraction of sp³-hybridized carbons (Fsp3) is 0.444. The van der Waals surface area contributed by atoms with Crippen LogP contribution >= 0.6 is 0 Å². The molecule has 1 aromatic rings. The van der Waals surface area contributed by atoms with Crippen molar-refractivity contribution in [3.63, 3.8) is 0 Å². The second-order valence-electron chi connectivity index (χ2n) is 8.11. The second-order valence-corrected chi connectivity index (χ2v) is 8.11. The molecule has 196 valence electrons. The van der Waals surface area contributed by atoms with Crippen molar-refractivity contribution in [2.75, 3.05) is 6.54 Å². The first-order valence-corrected chi connectivity index (χ1v) is 9.80. The van der Waals surface area contributed by atoms with Crippen LogP contribution in [0.5, 0.6) is 0 Å². The average molecular weight is 526 g/mol. The summed E-state index contributed by atoms with van der Waals surface area (Å²) in [5.74, 6) is -7.99. The molecule has 3 aliphatic heterocycles. The number of aliphatic imine (C=N–C) groups is 2. The average Bonchev–Trinajstić information content (AvgIpc) is 3.20. The van der Waals surface area contributed by atoms with Crippen LogP contribution in [-0.4, -0.2) is 80.3 Å². The van der Waals surface area contributed by atoms with E-state index in [4.69, 9.17) is 16.2 Å². The number of benzene rings is 1. The molecule has 12 nitrogen and oxygen atoms in total. The molecule has 3 aliphatic rings. The molecule has 0 bridgehead atoms. The minimum Gasteiger partial charge on any atom is -0.480 e. The molecular weight excluding hydrogens is 510 g/mol. The Kier molecular flexibility index (Phi) is 5.34. The first-order valence-electron chi connectivity index (χ1n) is 9.80. The molecule has 1 fully saturated rings. The van der Waals surface area contributed by atoms with E-state index in [-0.39, 0.29) is 18.2 Å². The van der Waals surface area contributed by atoms with Gasteiger partial charge in [0.25, 0.3) is 0 Å². The van der Waals surface area contributed by atoms with Gasteiger partial charge in [0.15, 0.2) is 29.7 Å². The van der Waals surface area contributed by atoms with E-state index in [0.717, 1.165) is 4.90 Å². The molecule has 36 heavy (non-hydrogen) atoms. The van der Waals surface area contributed by atoms with Crippen molar-refractivity contribution in [2.24, 2.45) is 21.5 Å². The van der Waals surface area contributed by atoms with E-state index in [1.165, 1.54) is 0 Å². The second kappa shape index (κ2) is 7.60. The number of aliphatic carboxylic acids is 1. The lowest BCUT2D eigenvalue weighted by atomic mass is 9.85. The number of carbonyl (C=O) groups is 2. The normalized spacial score (nSPS) is 29.0. The Labute approximate surface area is 195 Å². The van der Waals surface area contributed by atoms with E-state index in [1.807, 2.05) is 0 Å². The molecule has 0 aliphatic carbocycles. The monoisotopic (exact) mass is 526 g/mol. The molecule has 1 aromatic carbocycles. The number of nitrogens with two attached hydrogens (primary N) is 2. The highest BCUT2D eigenvalue weighted by Gasteiger charge is 2.75. The van der Waals surface area contributed by atoms with Crippen LogP contribution in [0.3, 0.4) is 0 Å². The Morgan fingerprint density at radius 3 is 2.31 bits per heavy atom. The Morgan fingerprint density at radius 1 is 1.11 bits per heavy atom. The van der Waals surface area contributed by atoms with Crippen LogP contribution in [0.1, 0.15) is 21.5 Å². The van der Waals surface area contributed by atoms with E-state index in [2.05, 4.69) is 15.3 Å². The minimum atomic E-state index is -5.27. The molecular formula is C18H16F6N6O6. The number of carboxylic acids is 1. The van der Waals surface area contributed by atoms with Gasteiger partial charge in [-0.2, -0.15) is 26.3 Å². The number of hydrogen-bond donors (Lipinski definition) is 6. The standard InChI is InChI=1S/C18H16F6N6O6/c19-17(20,21)5-1-2-7(18(22,23)24)6(3-5)12(33)36-8-4-30-14(26)27-9(11(31)32)10-15(30,16(8,34)35)29-13(25)28-10/h1-3,8-10,34-35H,4H2,(H2,26,27)(H,31,32)(H3,25,28,29)/t8-,9+,10-,15-/m0/s1. The number of halogens is 6. The third-order valence-electron chi connectivity index (χ3n) is 6.03. The molecule has 3 heterocycles. The molecule has 0 amide bonds. The highest BCUT2D eigenvalue weighted by molar-refractivity contribution is 5.93. The van der Waals surface area contributed by atoms with Gasteiger partial charge in [0.05, 0.1) is 23.2 Å². The maximum atomic E-state index is 13.4. The summed E-state index contributed by atoms with van der Waals surface area (Å²) in [6, 6.07) is -3.40. The number of carboxylic acid groups (broad SMARTS) is 1. The maximum absolute atomic E-state index is 13.4. The van der Waals surface area contributed by atoms with Gasteiger partial charge in [-0.3, -0.25) is 0 Å². The van der Waals surface area contributed by atoms with Gasteiger partial charge in [-0.1, -0.05) is 0 Å². The fourth-order valence-electron chi connectivity index (χ4n) is 4.46. The van der Waals surface area contributed by atoms with Crippen LogP contribution in [0.2, 0.25) is 0 Å². The number of hydrogen-bond acceptors (Lipinski definition) is 11. The first-order chi connectivity index (χ1) is 16.4. The van der Waals surface area contributed by atoms with Crippen LogP contribution in [0.25, 0.3) is 0 Å². The van der Waals surface area contributed by atoms with E-state index < -0.39 is 89.1 Å². The first kappa shape index (κ1) is 25.3. The fourth-order valence-corrected chi connectivity index (χ4v) is 4.46. The molecule has 1 saturated heterocycles. The Bertz CT molecular complexity index is 1200. The van der Waals surface area contributed by atoms with Gasteiger partial charge in [-0.05, 0) is 18.2 Å². The Morgan fingerprint density at radius 2 is 1.75 bits per heavy atom. The molecule has 0 aromatic heterocycles. The van der Waals surface area contributed by atoms with Gasteiger partial charge in [-0.15, -0.1) is 0 Å². The Balaban J connectivity index is 1.74. The van der Waals surface area contributed by atoms with Crippen LogP contribution in [0.15, 0.2) is 28.2 Å². The summed E-state index contributed by atoms with van der Waals surface area (Å²) < 4.78 is 84.3. The van der Waals surface area contributed by atoms with Crippen molar-refractivity contribution >= 4 is 23.9 Å². The summed E-state index contributed by atoms with van der Waals surface area (Å²) in [5.41, 5.74) is 4.06. The Hall–Kier alpha value is -3.80. The van der Waals surface area contributed by atoms with Gasteiger partial charge < -0.3 is 41.7 Å². The van der Waals surface area contributed by atoms with Crippen LogP contribution < -0.4 is 16.8 Å². The molecule has 4 rings (SSSR count). The molecule has 0 unspecified atom stereocenters. The van der Waals surface area contributed by atoms with Gasteiger partial charge >= 0.3 is 24.3 Å². The summed E-state index contributed by atoms with van der Waals surface area (Å²) in [7, 11) is 0. The number of aliphatic hydroxyl groups is 2. The van der Waals surface area contributed by atoms with Crippen molar-refractivity contribution in [3.8, 4) is 0 Å². The predicted octanol–water partition coefficient (Wildman–Crippen LogP) is -0.990. The molecule has 4 atom stereocenters. The summed E-state index contributed by atoms with van der Waals surface area (Å²) in [6.07, 6.45) is -12.6. The number of carbonyl (C=O) groups excluding carboxylic acids is 1. The smallest absolute Gasteiger partial charge is 0.417 e. The third-order valence-corrected chi connectivity index (χ3v) is 6.03. The number of nitrogens with zero attached hydrogens (tertiary/aromatic N) is 3. The van der Waals surface area contributed by atoms with Gasteiger partial charge in [0.2, 0.25) is 5.79 Å². The van der Waals surface area contributed by atoms with Crippen molar-refractivity contribution in [2.45, 2.75) is 42.0 Å². The van der Waals surface area contributed by atoms with Crippen LogP contribution in [-0.2, 0) is 21.9 Å². The van der Waals surface area contributed by atoms with Crippen molar-refractivity contribution in [1.82, 2.24) is 10.2 Å². The van der Waals surface area contributed by atoms with Crippen molar-refractivity contribution < 1.29 is 56.0 Å². The summed E-state index contributed by atoms with van der Waals surface area (Å²) in [6.45, 7) is -0.785. The lowest BCUT2D eigenvalue weighted by molar-refractivity contribution is -0.256. The zero-order valence-corrected chi connectivity index (χ0v) is 17.5. The topological polar surface area (TPSA) is 196 Å². The molecule has 0 radical (unpaired) electrons. The largest absolute Gasteiger partial charge is 0.480 e. The summed E-state index contributed by atoms with van der Waals surface area (Å²) in [4.78, 5) is 32.7. The highest BCUT2D eigenvalue weighted by Crippen LogP contribution is 2.46. The SMILES string of the molecule is NC1=N[C@H]2[C@H](C(=O)O)N=C(N)N3C[C@H](OC(=O)c4cc(C(F)(F)F)ccc4C(F)(F)F)C(O)(O)[C@]23N1. The zero-order valence-electron chi connectivity index (χ0n) is 17.5. The minimum absolute atomic E-state index is 0.0341. The number of esters is 1. The molecule has 18 heteroatoms. The van der Waals surface area contributed by atoms with E-state index in [9.17, 15) is 51.3 Å². The van der Waals surface area contributed by atoms with Crippen LogP contribution in [0, 0.1) is 0 Å². The number of rotatable bonds is 3. The van der Waals surface area contributed by atoms with E-state index in [0.29, 0.717) is 0 Å². The van der Waals surface area contributed by atoms with Crippen molar-refractivity contribution in [3.05, 3.63) is 34.9 Å². The third kappa shape index (κ3) is 3.55. The zero-order chi connectivity index (χ0) is 27.0. The molecule has 1 spiro atoms. The van der Waals surface area contributed by atoms with Gasteiger partial charge in [-0.25, -0.2) is 19.6 Å². The summed E-state index contributed by atoms with van der Waals surface area (Å²) >= 11 is 0. The lowest BCUT2D eigenvalue weighted by Gasteiger charge is -2.47. The van der Waals surface area contributed by atoms with E-state index in [1.54, 1.807) is 0 Å². The predicted molar refractivity (Wildman–Crippen MR) is 104 cm³/mol. The molecule has 0 saturated carbocycles. The number of guanidine groups is 2. The van der Waals surface area contributed by atoms with E-state index >= 15 is 0 Å². The quantitative estimate of drug-likeness (QED) is 0.162. The number of alkyl halides is 6. The summed E-state index contributed by atoms with van der Waals surface area (Å²) in [5, 5.41) is 33.8. The highest BCUT2D eigenvalue weighted by atomic mass is 19.4. The number of nitrogens with one attached hydrogen (secondary N) is 1. The lowest BCUT2D eigenvalue weighted by Crippen LogP contribution is -2.77. The van der Waals surface area contributed by atoms with Gasteiger partial charge in [0, 0.05) is 0 Å². The number of ether oxygens (including phenoxy) is 1. The maximum Gasteiger partial charge on any atom is 0.417 e. The molecule has 8 N–H and O–H groups in total. The van der Waals surface area contributed by atoms with Gasteiger partial charge in [0.1, 0.15) is 6.04 Å². The van der Waals surface area contributed by atoms with Crippen LogP contribution in [0.4, 0.5) is 26.3 Å².